The van der Waals surface area contributed by atoms with Gasteiger partial charge in [0.05, 0.1) is 18.8 Å². The lowest BCUT2D eigenvalue weighted by Crippen LogP contribution is -2.16. The quantitative estimate of drug-likeness (QED) is 0.464. The molecule has 0 saturated heterocycles. The van der Waals surface area contributed by atoms with Crippen LogP contribution in [0.5, 0.6) is 11.5 Å². The standard InChI is InChI=1S/C18H16F5NO3.C2H6/c19-13-6-7-14(16(20)15(13)17(24)25)27-9-2-1-8-26-12-5-3-4-11(10-12)18(21,22)23;1-2/h3-7,10H,1-2,8-9H2,(H2,24,25);1-2H3. The largest absolute Gasteiger partial charge is 0.494 e. The number of halogens is 5. The summed E-state index contributed by atoms with van der Waals surface area (Å²) in [6.45, 7) is 4.16. The van der Waals surface area contributed by atoms with Crippen molar-refractivity contribution < 1.29 is 36.2 Å². The van der Waals surface area contributed by atoms with Gasteiger partial charge in [0.25, 0.3) is 5.91 Å². The minimum Gasteiger partial charge on any atom is -0.494 e. The van der Waals surface area contributed by atoms with Crippen molar-refractivity contribution in [2.45, 2.75) is 32.9 Å². The second kappa shape index (κ2) is 11.2. The average Bonchev–Trinajstić information content (AvgIpc) is 2.67. The molecule has 29 heavy (non-hydrogen) atoms. The van der Waals surface area contributed by atoms with Crippen molar-refractivity contribution in [1.29, 1.82) is 0 Å². The average molecular weight is 419 g/mol. The molecule has 2 aromatic carbocycles. The fourth-order valence-electron chi connectivity index (χ4n) is 2.21. The Morgan fingerprint density at radius 2 is 1.62 bits per heavy atom. The van der Waals surface area contributed by atoms with Gasteiger partial charge in [0.1, 0.15) is 17.1 Å². The van der Waals surface area contributed by atoms with Crippen molar-refractivity contribution in [2.24, 2.45) is 5.73 Å². The van der Waals surface area contributed by atoms with Crippen LogP contribution in [0.25, 0.3) is 0 Å². The maximum absolute atomic E-state index is 13.9. The molecule has 0 aliphatic carbocycles. The van der Waals surface area contributed by atoms with E-state index in [0.29, 0.717) is 12.8 Å². The van der Waals surface area contributed by atoms with Crippen molar-refractivity contribution in [1.82, 2.24) is 0 Å². The number of rotatable bonds is 8. The van der Waals surface area contributed by atoms with E-state index in [9.17, 15) is 26.7 Å². The molecule has 0 unspecified atom stereocenters. The topological polar surface area (TPSA) is 61.6 Å². The van der Waals surface area contributed by atoms with Gasteiger partial charge in [0.15, 0.2) is 11.6 Å². The number of amides is 1. The summed E-state index contributed by atoms with van der Waals surface area (Å²) in [6, 6.07) is 6.40. The van der Waals surface area contributed by atoms with Crippen LogP contribution in [-0.2, 0) is 6.18 Å². The molecule has 0 spiro atoms. The first-order valence-corrected chi connectivity index (χ1v) is 8.91. The summed E-state index contributed by atoms with van der Waals surface area (Å²) < 4.78 is 75.5. The number of unbranched alkanes of at least 4 members (excludes halogenated alkanes) is 1. The SMILES string of the molecule is CC.NC(=O)c1c(F)ccc(OCCCCOc2cccc(C(F)(F)F)c2)c1F. The van der Waals surface area contributed by atoms with E-state index in [1.807, 2.05) is 13.8 Å². The molecular weight excluding hydrogens is 397 g/mol. The Morgan fingerprint density at radius 1 is 1.00 bits per heavy atom. The van der Waals surface area contributed by atoms with E-state index < -0.39 is 34.8 Å². The van der Waals surface area contributed by atoms with Crippen molar-refractivity contribution in [3.63, 3.8) is 0 Å². The molecule has 2 N–H and O–H groups in total. The molecule has 0 aliphatic rings. The van der Waals surface area contributed by atoms with E-state index >= 15 is 0 Å². The molecule has 0 atom stereocenters. The van der Waals surface area contributed by atoms with Crippen LogP contribution >= 0.6 is 0 Å². The summed E-state index contributed by atoms with van der Waals surface area (Å²) in [6.07, 6.45) is -3.64. The molecule has 160 valence electrons. The second-order valence-electron chi connectivity index (χ2n) is 5.53. The predicted octanol–water partition coefficient (Wildman–Crippen LogP) is 5.35. The highest BCUT2D eigenvalue weighted by atomic mass is 19.4. The van der Waals surface area contributed by atoms with E-state index in [2.05, 4.69) is 0 Å². The Balaban J connectivity index is 0.00000204. The lowest BCUT2D eigenvalue weighted by atomic mass is 10.1. The van der Waals surface area contributed by atoms with Gasteiger partial charge in [-0.25, -0.2) is 8.78 Å². The second-order valence-corrected chi connectivity index (χ2v) is 5.53. The van der Waals surface area contributed by atoms with Crippen LogP contribution < -0.4 is 15.2 Å². The molecule has 0 heterocycles. The number of alkyl halides is 3. The van der Waals surface area contributed by atoms with E-state index in [-0.39, 0.29) is 24.7 Å². The third kappa shape index (κ3) is 7.24. The molecule has 0 fully saturated rings. The fourth-order valence-corrected chi connectivity index (χ4v) is 2.21. The highest BCUT2D eigenvalue weighted by Gasteiger charge is 2.30. The first kappa shape index (κ1) is 24.2. The molecule has 2 aromatic rings. The van der Waals surface area contributed by atoms with Crippen molar-refractivity contribution >= 4 is 5.91 Å². The molecule has 0 saturated carbocycles. The molecule has 0 aliphatic heterocycles. The summed E-state index contributed by atoms with van der Waals surface area (Å²) >= 11 is 0. The van der Waals surface area contributed by atoms with E-state index in [4.69, 9.17) is 15.2 Å². The van der Waals surface area contributed by atoms with Gasteiger partial charge in [0.2, 0.25) is 0 Å². The number of primary amides is 1. The van der Waals surface area contributed by atoms with Gasteiger partial charge >= 0.3 is 6.18 Å². The number of hydrogen-bond donors (Lipinski definition) is 1. The summed E-state index contributed by atoms with van der Waals surface area (Å²) in [5.41, 5.74) is 3.23. The lowest BCUT2D eigenvalue weighted by molar-refractivity contribution is -0.137. The van der Waals surface area contributed by atoms with Gasteiger partial charge < -0.3 is 15.2 Å². The van der Waals surface area contributed by atoms with Crippen molar-refractivity contribution in [3.8, 4) is 11.5 Å². The number of carbonyl (C=O) groups is 1. The molecule has 2 rings (SSSR count). The minimum atomic E-state index is -4.45. The van der Waals surface area contributed by atoms with Gasteiger partial charge in [0, 0.05) is 0 Å². The first-order chi connectivity index (χ1) is 13.7. The van der Waals surface area contributed by atoms with Crippen LogP contribution in [0.3, 0.4) is 0 Å². The van der Waals surface area contributed by atoms with Gasteiger partial charge in [-0.1, -0.05) is 19.9 Å². The van der Waals surface area contributed by atoms with Gasteiger partial charge in [-0.15, -0.1) is 0 Å². The Morgan fingerprint density at radius 3 is 2.21 bits per heavy atom. The minimum absolute atomic E-state index is 0.0344. The smallest absolute Gasteiger partial charge is 0.416 e. The maximum atomic E-state index is 13.9. The molecule has 0 bridgehead atoms. The molecule has 9 heteroatoms. The highest BCUT2D eigenvalue weighted by molar-refractivity contribution is 5.93. The van der Waals surface area contributed by atoms with Crippen molar-refractivity contribution in [2.75, 3.05) is 13.2 Å². The number of carbonyl (C=O) groups excluding carboxylic acids is 1. The molecule has 4 nitrogen and oxygen atoms in total. The number of benzene rings is 2. The van der Waals surface area contributed by atoms with Crippen LogP contribution in [0, 0.1) is 11.6 Å². The van der Waals surface area contributed by atoms with Crippen LogP contribution in [0.2, 0.25) is 0 Å². The van der Waals surface area contributed by atoms with Crippen LogP contribution in [0.15, 0.2) is 36.4 Å². The van der Waals surface area contributed by atoms with E-state index in [1.165, 1.54) is 12.1 Å². The Bertz CT molecular complexity index is 809. The third-order valence-corrected chi connectivity index (χ3v) is 3.53. The molecular formula is C20H22F5NO3. The summed E-state index contributed by atoms with van der Waals surface area (Å²) in [4.78, 5) is 11.0. The van der Waals surface area contributed by atoms with Gasteiger partial charge in [-0.05, 0) is 43.2 Å². The molecule has 0 aromatic heterocycles. The summed E-state index contributed by atoms with van der Waals surface area (Å²) in [5.74, 6) is -3.74. The zero-order valence-corrected chi connectivity index (χ0v) is 16.0. The zero-order chi connectivity index (χ0) is 22.0. The maximum Gasteiger partial charge on any atom is 0.416 e. The first-order valence-electron chi connectivity index (χ1n) is 8.91. The zero-order valence-electron chi connectivity index (χ0n) is 16.0. The number of hydrogen-bond acceptors (Lipinski definition) is 3. The van der Waals surface area contributed by atoms with Crippen molar-refractivity contribution in [3.05, 3.63) is 59.2 Å². The highest BCUT2D eigenvalue weighted by Crippen LogP contribution is 2.31. The van der Waals surface area contributed by atoms with Gasteiger partial charge in [-0.2, -0.15) is 13.2 Å². The molecule has 1 amide bonds. The number of ether oxygens (including phenoxy) is 2. The van der Waals surface area contributed by atoms with Crippen LogP contribution in [0.4, 0.5) is 22.0 Å². The monoisotopic (exact) mass is 419 g/mol. The molecule has 0 radical (unpaired) electrons. The Kier molecular flexibility index (Phi) is 9.37. The Hall–Kier alpha value is -2.84. The fraction of sp³-hybridized carbons (Fsp3) is 0.350. The lowest BCUT2D eigenvalue weighted by Gasteiger charge is -2.11. The van der Waals surface area contributed by atoms with E-state index in [1.54, 1.807) is 0 Å². The van der Waals surface area contributed by atoms with E-state index in [0.717, 1.165) is 24.3 Å². The van der Waals surface area contributed by atoms with Crippen LogP contribution in [0.1, 0.15) is 42.6 Å². The summed E-state index contributed by atoms with van der Waals surface area (Å²) in [7, 11) is 0. The third-order valence-electron chi connectivity index (χ3n) is 3.53. The number of nitrogens with two attached hydrogens (primary N) is 1. The van der Waals surface area contributed by atoms with Crippen LogP contribution in [-0.4, -0.2) is 19.1 Å². The predicted molar refractivity (Wildman–Crippen MR) is 97.9 cm³/mol. The Labute approximate surface area is 165 Å². The summed E-state index contributed by atoms with van der Waals surface area (Å²) in [5, 5.41) is 0. The normalized spacial score (nSPS) is 10.7. The van der Waals surface area contributed by atoms with Gasteiger partial charge in [-0.3, -0.25) is 4.79 Å².